The maximum absolute atomic E-state index is 13.0. The Balaban J connectivity index is 1.56. The first-order valence-electron chi connectivity index (χ1n) is 7.41. The molecular weight excluding hydrogens is 329 g/mol. The Labute approximate surface area is 141 Å². The standard InChI is InChI=1S/C17H12FN3O4/c1-10-19-16(20-21(10)12-4-2-11(18)3-5-12)17(22)25-13-6-7-14-15(8-13)24-9-23-14/h2-8H,9H2,1H3. The van der Waals surface area contributed by atoms with E-state index < -0.39 is 5.97 Å². The van der Waals surface area contributed by atoms with Gasteiger partial charge in [0.25, 0.3) is 5.82 Å². The predicted octanol–water partition coefficient (Wildman–Crippen LogP) is 2.66. The summed E-state index contributed by atoms with van der Waals surface area (Å²) in [6.45, 7) is 1.82. The van der Waals surface area contributed by atoms with Crippen LogP contribution in [-0.4, -0.2) is 27.5 Å². The summed E-state index contributed by atoms with van der Waals surface area (Å²) in [5, 5.41) is 4.13. The van der Waals surface area contributed by atoms with Crippen molar-refractivity contribution in [3.05, 3.63) is 59.9 Å². The van der Waals surface area contributed by atoms with Crippen LogP contribution in [0.1, 0.15) is 16.4 Å². The lowest BCUT2D eigenvalue weighted by Gasteiger charge is -2.03. The Kier molecular flexibility index (Phi) is 3.57. The molecule has 0 fully saturated rings. The maximum atomic E-state index is 13.0. The van der Waals surface area contributed by atoms with Crippen LogP contribution >= 0.6 is 0 Å². The van der Waals surface area contributed by atoms with Crippen LogP contribution < -0.4 is 14.2 Å². The zero-order chi connectivity index (χ0) is 17.4. The van der Waals surface area contributed by atoms with Crippen molar-refractivity contribution in [2.24, 2.45) is 0 Å². The van der Waals surface area contributed by atoms with Crippen molar-refractivity contribution in [3.63, 3.8) is 0 Å². The number of benzene rings is 2. The first kappa shape index (κ1) is 15.1. The minimum Gasteiger partial charge on any atom is -0.454 e. The molecule has 4 rings (SSSR count). The summed E-state index contributed by atoms with van der Waals surface area (Å²) in [6.07, 6.45) is 0. The summed E-state index contributed by atoms with van der Waals surface area (Å²) in [5.74, 6) is 0.709. The smallest absolute Gasteiger partial charge is 0.383 e. The number of aromatic nitrogens is 3. The molecule has 0 atom stereocenters. The van der Waals surface area contributed by atoms with E-state index in [0.717, 1.165) is 0 Å². The zero-order valence-corrected chi connectivity index (χ0v) is 13.1. The number of fused-ring (bicyclic) bond motifs is 1. The van der Waals surface area contributed by atoms with Gasteiger partial charge in [0.1, 0.15) is 17.4 Å². The van der Waals surface area contributed by atoms with Gasteiger partial charge in [-0.2, -0.15) is 0 Å². The van der Waals surface area contributed by atoms with Gasteiger partial charge in [-0.25, -0.2) is 18.9 Å². The van der Waals surface area contributed by atoms with E-state index in [1.807, 2.05) is 0 Å². The molecule has 1 aliphatic rings. The van der Waals surface area contributed by atoms with E-state index in [-0.39, 0.29) is 18.4 Å². The number of hydrogen-bond acceptors (Lipinski definition) is 6. The van der Waals surface area contributed by atoms with E-state index in [0.29, 0.717) is 28.8 Å². The van der Waals surface area contributed by atoms with Gasteiger partial charge in [-0.15, -0.1) is 5.10 Å². The molecule has 0 saturated heterocycles. The number of rotatable bonds is 3. The second-order valence-electron chi connectivity index (χ2n) is 5.28. The third-order valence-electron chi connectivity index (χ3n) is 3.58. The van der Waals surface area contributed by atoms with Gasteiger partial charge in [0.2, 0.25) is 6.79 Å². The van der Waals surface area contributed by atoms with Crippen molar-refractivity contribution in [2.45, 2.75) is 6.92 Å². The van der Waals surface area contributed by atoms with Crippen LogP contribution in [0.4, 0.5) is 4.39 Å². The molecule has 0 unspecified atom stereocenters. The van der Waals surface area contributed by atoms with Gasteiger partial charge < -0.3 is 14.2 Å². The Morgan fingerprint density at radius 1 is 1.16 bits per heavy atom. The van der Waals surface area contributed by atoms with E-state index >= 15 is 0 Å². The second-order valence-corrected chi connectivity index (χ2v) is 5.28. The fourth-order valence-corrected chi connectivity index (χ4v) is 2.40. The van der Waals surface area contributed by atoms with Crippen LogP contribution in [0, 0.1) is 12.7 Å². The molecule has 0 saturated carbocycles. The molecular formula is C17H12FN3O4. The van der Waals surface area contributed by atoms with Crippen LogP contribution in [0.5, 0.6) is 17.2 Å². The lowest BCUT2D eigenvalue weighted by molar-refractivity contribution is 0.0721. The summed E-state index contributed by atoms with van der Waals surface area (Å²) in [7, 11) is 0. The monoisotopic (exact) mass is 341 g/mol. The molecule has 0 N–H and O–H groups in total. The largest absolute Gasteiger partial charge is 0.454 e. The average Bonchev–Trinajstić information content (AvgIpc) is 3.22. The molecule has 0 spiro atoms. The quantitative estimate of drug-likeness (QED) is 0.538. The Hall–Kier alpha value is -3.42. The number of nitrogens with zero attached hydrogens (tertiary/aromatic N) is 3. The molecule has 7 nitrogen and oxygen atoms in total. The highest BCUT2D eigenvalue weighted by Gasteiger charge is 2.20. The minimum atomic E-state index is -0.706. The fourth-order valence-electron chi connectivity index (χ4n) is 2.40. The number of aryl methyl sites for hydroxylation is 1. The van der Waals surface area contributed by atoms with E-state index in [1.165, 1.54) is 16.8 Å². The van der Waals surface area contributed by atoms with Crippen molar-refractivity contribution < 1.29 is 23.4 Å². The summed E-state index contributed by atoms with van der Waals surface area (Å²) in [4.78, 5) is 16.4. The highest BCUT2D eigenvalue weighted by atomic mass is 19.1. The normalized spacial score (nSPS) is 12.2. The van der Waals surface area contributed by atoms with Crippen molar-refractivity contribution in [1.29, 1.82) is 0 Å². The van der Waals surface area contributed by atoms with Crippen LogP contribution in [0.2, 0.25) is 0 Å². The van der Waals surface area contributed by atoms with Gasteiger partial charge in [0.15, 0.2) is 11.5 Å². The molecule has 3 aromatic rings. The average molecular weight is 341 g/mol. The van der Waals surface area contributed by atoms with E-state index in [4.69, 9.17) is 14.2 Å². The van der Waals surface area contributed by atoms with Crippen molar-refractivity contribution in [2.75, 3.05) is 6.79 Å². The molecule has 0 amide bonds. The summed E-state index contributed by atoms with van der Waals surface area (Å²) in [5.41, 5.74) is 0.591. The predicted molar refractivity (Wildman–Crippen MR) is 83.6 cm³/mol. The van der Waals surface area contributed by atoms with E-state index in [2.05, 4.69) is 10.1 Å². The summed E-state index contributed by atoms with van der Waals surface area (Å²) in [6, 6.07) is 10.5. The van der Waals surface area contributed by atoms with Gasteiger partial charge in [-0.1, -0.05) is 0 Å². The third-order valence-corrected chi connectivity index (χ3v) is 3.58. The maximum Gasteiger partial charge on any atom is 0.383 e. The van der Waals surface area contributed by atoms with Crippen LogP contribution in [-0.2, 0) is 0 Å². The highest BCUT2D eigenvalue weighted by molar-refractivity contribution is 5.87. The van der Waals surface area contributed by atoms with E-state index in [9.17, 15) is 9.18 Å². The van der Waals surface area contributed by atoms with Crippen molar-refractivity contribution >= 4 is 5.97 Å². The van der Waals surface area contributed by atoms with Gasteiger partial charge >= 0.3 is 5.97 Å². The van der Waals surface area contributed by atoms with Crippen LogP contribution in [0.3, 0.4) is 0 Å². The molecule has 1 aliphatic heterocycles. The molecule has 0 bridgehead atoms. The van der Waals surface area contributed by atoms with Crippen molar-refractivity contribution in [3.8, 4) is 22.9 Å². The van der Waals surface area contributed by atoms with Crippen LogP contribution in [0.25, 0.3) is 5.69 Å². The second kappa shape index (κ2) is 5.90. The third kappa shape index (κ3) is 2.89. The molecule has 0 radical (unpaired) electrons. The molecule has 0 aliphatic carbocycles. The number of hydrogen-bond donors (Lipinski definition) is 0. The molecule has 126 valence electrons. The molecule has 25 heavy (non-hydrogen) atoms. The Morgan fingerprint density at radius 2 is 1.92 bits per heavy atom. The van der Waals surface area contributed by atoms with Gasteiger partial charge in [-0.3, -0.25) is 0 Å². The Bertz CT molecular complexity index is 953. The van der Waals surface area contributed by atoms with Gasteiger partial charge in [0.05, 0.1) is 5.69 Å². The topological polar surface area (TPSA) is 75.5 Å². The highest BCUT2D eigenvalue weighted by Crippen LogP contribution is 2.35. The molecule has 2 heterocycles. The summed E-state index contributed by atoms with van der Waals surface area (Å²) < 4.78 is 30.2. The molecule has 2 aromatic carbocycles. The summed E-state index contributed by atoms with van der Waals surface area (Å²) >= 11 is 0. The number of esters is 1. The zero-order valence-electron chi connectivity index (χ0n) is 13.1. The molecule has 8 heteroatoms. The number of halogens is 1. The van der Waals surface area contributed by atoms with Crippen molar-refractivity contribution in [1.82, 2.24) is 14.8 Å². The number of ether oxygens (including phenoxy) is 3. The van der Waals surface area contributed by atoms with Gasteiger partial charge in [0, 0.05) is 6.07 Å². The van der Waals surface area contributed by atoms with E-state index in [1.54, 1.807) is 37.3 Å². The lowest BCUT2D eigenvalue weighted by Crippen LogP contribution is -2.11. The number of carbonyl (C=O) groups excluding carboxylic acids is 1. The SMILES string of the molecule is Cc1nc(C(=O)Oc2ccc3c(c2)OCO3)nn1-c1ccc(F)cc1. The molecule has 1 aromatic heterocycles. The lowest BCUT2D eigenvalue weighted by atomic mass is 10.3. The first-order valence-corrected chi connectivity index (χ1v) is 7.41. The first-order chi connectivity index (χ1) is 12.1. The minimum absolute atomic E-state index is 0.0977. The Morgan fingerprint density at radius 3 is 2.72 bits per heavy atom. The van der Waals surface area contributed by atoms with Gasteiger partial charge in [-0.05, 0) is 43.3 Å². The number of carbonyl (C=O) groups is 1. The van der Waals surface area contributed by atoms with Crippen LogP contribution in [0.15, 0.2) is 42.5 Å². The fraction of sp³-hybridized carbons (Fsp3) is 0.118.